The van der Waals surface area contributed by atoms with Gasteiger partial charge in [-0.2, -0.15) is 0 Å². The molecule has 1 aliphatic carbocycles. The maximum Gasteiger partial charge on any atom is 0.252 e. The van der Waals surface area contributed by atoms with Crippen molar-refractivity contribution in [2.24, 2.45) is 0 Å². The second-order valence-electron chi connectivity index (χ2n) is 5.89. The number of carbonyl (C=O) groups is 1. The summed E-state index contributed by atoms with van der Waals surface area (Å²) >= 11 is 0. The Balaban J connectivity index is 1.50. The van der Waals surface area contributed by atoms with Gasteiger partial charge in [0.05, 0.1) is 0 Å². The second kappa shape index (κ2) is 5.22. The Labute approximate surface area is 123 Å². The molecule has 1 aromatic carbocycles. The lowest BCUT2D eigenvalue weighted by atomic mass is 10.1. The van der Waals surface area contributed by atoms with E-state index < -0.39 is 0 Å². The van der Waals surface area contributed by atoms with Crippen LogP contribution in [0.15, 0.2) is 18.2 Å². The number of hydrogen-bond acceptors (Lipinski definition) is 4. The zero-order valence-electron chi connectivity index (χ0n) is 11.9. The van der Waals surface area contributed by atoms with Crippen molar-refractivity contribution in [3.63, 3.8) is 0 Å². The van der Waals surface area contributed by atoms with Crippen LogP contribution < -0.4 is 9.47 Å². The topological polar surface area (TPSA) is 48.0 Å². The fourth-order valence-electron chi connectivity index (χ4n) is 2.97. The van der Waals surface area contributed by atoms with E-state index in [1.807, 2.05) is 23.1 Å². The van der Waals surface area contributed by atoms with Crippen molar-refractivity contribution in [1.29, 1.82) is 0 Å². The maximum absolute atomic E-state index is 12.6. The first-order valence-electron chi connectivity index (χ1n) is 7.62. The fraction of sp³-hybridized carbons (Fsp3) is 0.562. The monoisotopic (exact) mass is 289 g/mol. The molecule has 3 aliphatic rings. The molecule has 0 unspecified atom stereocenters. The van der Waals surface area contributed by atoms with E-state index in [2.05, 4.69) is 0 Å². The summed E-state index contributed by atoms with van der Waals surface area (Å²) in [4.78, 5) is 14.6. The van der Waals surface area contributed by atoms with Gasteiger partial charge in [-0.15, -0.1) is 0 Å². The molecule has 0 bridgehead atoms. The van der Waals surface area contributed by atoms with Crippen LogP contribution in [0.3, 0.4) is 0 Å². The second-order valence-corrected chi connectivity index (χ2v) is 5.89. The highest BCUT2D eigenvalue weighted by Crippen LogP contribution is 2.35. The number of amides is 1. The van der Waals surface area contributed by atoms with Gasteiger partial charge in [0.25, 0.3) is 5.91 Å². The number of rotatable bonds is 4. The number of fused-ring (bicyclic) bond motifs is 1. The van der Waals surface area contributed by atoms with Gasteiger partial charge in [-0.3, -0.25) is 4.79 Å². The van der Waals surface area contributed by atoms with Crippen molar-refractivity contribution in [2.75, 3.05) is 13.4 Å². The predicted octanol–water partition coefficient (Wildman–Crippen LogP) is 2.09. The number of nitrogens with zero attached hydrogens (tertiary/aromatic N) is 1. The van der Waals surface area contributed by atoms with Gasteiger partial charge < -0.3 is 19.1 Å². The number of carbonyl (C=O) groups excluding carboxylic acids is 1. The predicted molar refractivity (Wildman–Crippen MR) is 75.1 cm³/mol. The highest BCUT2D eigenvalue weighted by molar-refractivity contribution is 5.81. The van der Waals surface area contributed by atoms with E-state index in [1.165, 1.54) is 0 Å². The lowest BCUT2D eigenvalue weighted by Gasteiger charge is -2.25. The molecule has 1 saturated heterocycles. The Bertz CT molecular complexity index is 549. The Morgan fingerprint density at radius 2 is 2.05 bits per heavy atom. The summed E-state index contributed by atoms with van der Waals surface area (Å²) in [5.41, 5.74) is 1.08. The normalized spacial score (nSPS) is 23.3. The Kier molecular flexibility index (Phi) is 3.22. The van der Waals surface area contributed by atoms with Gasteiger partial charge in [0.1, 0.15) is 6.10 Å². The minimum Gasteiger partial charge on any atom is -0.454 e. The third kappa shape index (κ3) is 2.58. The Morgan fingerprint density at radius 3 is 2.81 bits per heavy atom. The molecule has 1 saturated carbocycles. The number of benzene rings is 1. The molecular formula is C16H19NO4. The summed E-state index contributed by atoms with van der Waals surface area (Å²) in [6.07, 6.45) is 3.80. The van der Waals surface area contributed by atoms with Gasteiger partial charge in [0, 0.05) is 19.2 Å². The van der Waals surface area contributed by atoms with Crippen LogP contribution >= 0.6 is 0 Å². The summed E-state index contributed by atoms with van der Waals surface area (Å²) in [5.74, 6) is 1.70. The summed E-state index contributed by atoms with van der Waals surface area (Å²) in [5, 5.41) is 0. The van der Waals surface area contributed by atoms with Crippen LogP contribution in [0.5, 0.6) is 11.5 Å². The van der Waals surface area contributed by atoms with E-state index in [1.54, 1.807) is 0 Å². The van der Waals surface area contributed by atoms with Crippen molar-refractivity contribution in [3.05, 3.63) is 23.8 Å². The quantitative estimate of drug-likeness (QED) is 0.851. The molecule has 1 atom stereocenters. The van der Waals surface area contributed by atoms with E-state index in [0.717, 1.165) is 42.7 Å². The van der Waals surface area contributed by atoms with Crippen LogP contribution in [0.1, 0.15) is 31.2 Å². The van der Waals surface area contributed by atoms with Gasteiger partial charge in [0.2, 0.25) is 6.79 Å². The van der Waals surface area contributed by atoms with Crippen LogP contribution in [-0.2, 0) is 16.1 Å². The smallest absolute Gasteiger partial charge is 0.252 e. The molecule has 2 aliphatic heterocycles. The third-order valence-corrected chi connectivity index (χ3v) is 4.27. The van der Waals surface area contributed by atoms with Gasteiger partial charge >= 0.3 is 0 Å². The lowest BCUT2D eigenvalue weighted by molar-refractivity contribution is -0.142. The molecule has 2 fully saturated rings. The molecule has 4 rings (SSSR count). The molecule has 0 N–H and O–H groups in total. The fourth-order valence-corrected chi connectivity index (χ4v) is 2.97. The zero-order valence-corrected chi connectivity index (χ0v) is 11.9. The summed E-state index contributed by atoms with van der Waals surface area (Å²) in [6.45, 7) is 1.61. The number of hydrogen-bond donors (Lipinski definition) is 0. The Morgan fingerprint density at radius 1 is 1.19 bits per heavy atom. The average Bonchev–Trinajstić information content (AvgIpc) is 3.02. The molecule has 112 valence electrons. The molecule has 0 aromatic heterocycles. The lowest BCUT2D eigenvalue weighted by Crippen LogP contribution is -2.39. The maximum atomic E-state index is 12.6. The van der Waals surface area contributed by atoms with Gasteiger partial charge in [-0.1, -0.05) is 6.07 Å². The molecule has 0 spiro atoms. The molecule has 21 heavy (non-hydrogen) atoms. The van der Waals surface area contributed by atoms with Crippen molar-refractivity contribution < 1.29 is 19.0 Å². The first-order valence-corrected chi connectivity index (χ1v) is 7.62. The highest BCUT2D eigenvalue weighted by atomic mass is 16.7. The third-order valence-electron chi connectivity index (χ3n) is 4.27. The van der Waals surface area contributed by atoms with Gasteiger partial charge in [-0.25, -0.2) is 0 Å². The van der Waals surface area contributed by atoms with E-state index >= 15 is 0 Å². The first-order chi connectivity index (χ1) is 10.3. The molecule has 5 nitrogen and oxygen atoms in total. The van der Waals surface area contributed by atoms with E-state index in [-0.39, 0.29) is 18.8 Å². The van der Waals surface area contributed by atoms with Crippen molar-refractivity contribution >= 4 is 5.91 Å². The van der Waals surface area contributed by atoms with Gasteiger partial charge in [-0.05, 0) is 43.4 Å². The molecule has 2 heterocycles. The Hall–Kier alpha value is -1.75. The van der Waals surface area contributed by atoms with Crippen LogP contribution in [0.25, 0.3) is 0 Å². The van der Waals surface area contributed by atoms with Crippen molar-refractivity contribution in [2.45, 2.75) is 44.4 Å². The number of ether oxygens (including phenoxy) is 3. The molecule has 1 amide bonds. The summed E-state index contributed by atoms with van der Waals surface area (Å²) in [6, 6.07) is 6.28. The highest BCUT2D eigenvalue weighted by Gasteiger charge is 2.37. The molecule has 1 aromatic rings. The largest absolute Gasteiger partial charge is 0.454 e. The minimum absolute atomic E-state index is 0.146. The standard InChI is InChI=1S/C16H19NO4/c18-16(14-2-1-7-19-14)17(12-4-5-12)9-11-3-6-13-15(8-11)21-10-20-13/h3,6,8,12,14H,1-2,4-5,7,9-10H2/t14-/m0/s1. The van der Waals surface area contributed by atoms with Crippen molar-refractivity contribution in [1.82, 2.24) is 4.90 Å². The molecule has 0 radical (unpaired) electrons. The zero-order chi connectivity index (χ0) is 14.2. The molecule has 5 heteroatoms. The van der Waals surface area contributed by atoms with E-state index in [4.69, 9.17) is 14.2 Å². The minimum atomic E-state index is -0.236. The SMILES string of the molecule is O=C([C@@H]1CCCO1)N(Cc1ccc2c(c1)OCO2)C1CC1. The van der Waals surface area contributed by atoms with E-state index in [0.29, 0.717) is 19.2 Å². The van der Waals surface area contributed by atoms with Crippen LogP contribution in [0, 0.1) is 0 Å². The van der Waals surface area contributed by atoms with Gasteiger partial charge in [0.15, 0.2) is 11.5 Å². The summed E-state index contributed by atoms with van der Waals surface area (Å²) in [7, 11) is 0. The van der Waals surface area contributed by atoms with E-state index in [9.17, 15) is 4.79 Å². The average molecular weight is 289 g/mol. The van der Waals surface area contributed by atoms with Crippen molar-refractivity contribution in [3.8, 4) is 11.5 Å². The first kappa shape index (κ1) is 13.0. The molecular weight excluding hydrogens is 270 g/mol. The summed E-state index contributed by atoms with van der Waals surface area (Å²) < 4.78 is 16.3. The van der Waals surface area contributed by atoms with Crippen LogP contribution in [0.2, 0.25) is 0 Å². The van der Waals surface area contributed by atoms with Crippen LogP contribution in [-0.4, -0.2) is 36.4 Å². The van der Waals surface area contributed by atoms with Crippen LogP contribution in [0.4, 0.5) is 0 Å².